The predicted molar refractivity (Wildman–Crippen MR) is 123 cm³/mol. The Morgan fingerprint density at radius 3 is 2.32 bits per heavy atom. The van der Waals surface area contributed by atoms with Gasteiger partial charge in [0.05, 0.1) is 25.6 Å². The van der Waals surface area contributed by atoms with Crippen LogP contribution in [0, 0.1) is 17.8 Å². The summed E-state index contributed by atoms with van der Waals surface area (Å²) in [4.78, 5) is 20.6. The van der Waals surface area contributed by atoms with E-state index in [0.717, 1.165) is 18.6 Å². The van der Waals surface area contributed by atoms with E-state index in [1.807, 2.05) is 55.5 Å². The van der Waals surface area contributed by atoms with Crippen LogP contribution in [0.2, 0.25) is 0 Å². The van der Waals surface area contributed by atoms with Gasteiger partial charge in [-0.15, -0.1) is 5.92 Å². The minimum atomic E-state index is -0.275. The first kappa shape index (κ1) is 32.0. The van der Waals surface area contributed by atoms with Crippen molar-refractivity contribution < 1.29 is 19.1 Å². The Hall–Kier alpha value is -0.720. The average Bonchev–Trinajstić information content (AvgIpc) is 2.67. The summed E-state index contributed by atoms with van der Waals surface area (Å²) in [5.41, 5.74) is 0. The molecule has 166 valence electrons. The highest BCUT2D eigenvalue weighted by atomic mass is 33.1. The van der Waals surface area contributed by atoms with Crippen LogP contribution >= 0.6 is 21.6 Å². The molecule has 0 aromatic heterocycles. The fraction of sp³-hybridized carbons (Fsp3) is 0.800. The predicted octanol–water partition coefficient (Wildman–Crippen LogP) is 3.71. The molecule has 1 amide bonds. The Morgan fingerprint density at radius 2 is 1.82 bits per heavy atom. The summed E-state index contributed by atoms with van der Waals surface area (Å²) >= 11 is 0. The second kappa shape index (κ2) is 24.3. The number of amides is 1. The van der Waals surface area contributed by atoms with Crippen LogP contribution in [0.25, 0.3) is 0 Å². The Labute approximate surface area is 180 Å². The molecule has 8 heteroatoms. The standard InChI is InChI=1S/C14H26N2O3S2.C4H8O.C2H6/c1-5-6-7-8-16-13(17)11-18-9-10-19-14(2,3)21-20-12-15-4;1-4(2)3-5;1-2/h15H,5,8-12H2,1-4H3,(H,16,17);3-4H,1-2H3;1-2H3. The van der Waals surface area contributed by atoms with Crippen molar-refractivity contribution >= 4 is 33.8 Å². The molecule has 0 rings (SSSR count). The summed E-state index contributed by atoms with van der Waals surface area (Å²) in [6.45, 7) is 15.0. The number of carbonyl (C=O) groups is 2. The Balaban J connectivity index is -0.000000767. The summed E-state index contributed by atoms with van der Waals surface area (Å²) < 4.78 is 11.0. The molecule has 0 heterocycles. The molecule has 0 aromatic rings. The SMILES string of the molecule is CC.CC(C)C=O.CCC#CCNC(=O)COCCOC(C)(C)SSCNC. The van der Waals surface area contributed by atoms with Crippen LogP contribution < -0.4 is 10.6 Å². The lowest BCUT2D eigenvalue weighted by Gasteiger charge is -2.23. The minimum absolute atomic E-state index is 0.0409. The summed E-state index contributed by atoms with van der Waals surface area (Å²) in [6, 6.07) is 0. The quantitative estimate of drug-likeness (QED) is 0.159. The molecule has 0 aliphatic rings. The number of ether oxygens (including phenoxy) is 2. The van der Waals surface area contributed by atoms with Gasteiger partial charge in [0, 0.05) is 12.3 Å². The maximum absolute atomic E-state index is 11.4. The topological polar surface area (TPSA) is 76.7 Å². The van der Waals surface area contributed by atoms with Crippen LogP contribution in [0.15, 0.2) is 0 Å². The van der Waals surface area contributed by atoms with Gasteiger partial charge in [0.1, 0.15) is 17.8 Å². The molecule has 0 aliphatic carbocycles. The molecular formula is C20H40N2O4S2. The van der Waals surface area contributed by atoms with Crippen LogP contribution in [-0.2, 0) is 19.1 Å². The highest BCUT2D eigenvalue weighted by molar-refractivity contribution is 8.77. The van der Waals surface area contributed by atoms with E-state index in [0.29, 0.717) is 19.8 Å². The van der Waals surface area contributed by atoms with E-state index < -0.39 is 0 Å². The number of nitrogens with one attached hydrogen (secondary N) is 2. The van der Waals surface area contributed by atoms with E-state index >= 15 is 0 Å². The number of rotatable bonds is 12. The summed E-state index contributed by atoms with van der Waals surface area (Å²) in [6.07, 6.45) is 1.71. The van der Waals surface area contributed by atoms with Crippen molar-refractivity contribution in [2.45, 2.75) is 59.8 Å². The van der Waals surface area contributed by atoms with Gasteiger partial charge in [-0.3, -0.25) is 4.79 Å². The van der Waals surface area contributed by atoms with Gasteiger partial charge in [0.15, 0.2) is 0 Å². The van der Waals surface area contributed by atoms with Crippen molar-refractivity contribution in [2.75, 3.05) is 39.3 Å². The van der Waals surface area contributed by atoms with Crippen molar-refractivity contribution in [1.82, 2.24) is 10.6 Å². The highest BCUT2D eigenvalue weighted by Crippen LogP contribution is 2.35. The summed E-state index contributed by atoms with van der Waals surface area (Å²) in [7, 11) is 5.28. The first-order chi connectivity index (χ1) is 13.3. The molecule has 6 nitrogen and oxygen atoms in total. The van der Waals surface area contributed by atoms with E-state index in [-0.39, 0.29) is 23.4 Å². The number of hydrogen-bond donors (Lipinski definition) is 2. The highest BCUT2D eigenvalue weighted by Gasteiger charge is 2.19. The largest absolute Gasteiger partial charge is 0.369 e. The molecule has 2 N–H and O–H groups in total. The van der Waals surface area contributed by atoms with Gasteiger partial charge in [-0.05, 0) is 20.9 Å². The van der Waals surface area contributed by atoms with E-state index in [9.17, 15) is 9.59 Å². The van der Waals surface area contributed by atoms with Crippen LogP contribution in [0.1, 0.15) is 54.9 Å². The lowest BCUT2D eigenvalue weighted by Crippen LogP contribution is -2.29. The van der Waals surface area contributed by atoms with E-state index in [1.54, 1.807) is 21.6 Å². The minimum Gasteiger partial charge on any atom is -0.369 e. The molecule has 0 atom stereocenters. The van der Waals surface area contributed by atoms with Crippen LogP contribution in [0.3, 0.4) is 0 Å². The second-order valence-electron chi connectivity index (χ2n) is 5.86. The Bertz CT molecular complexity index is 422. The van der Waals surface area contributed by atoms with Crippen molar-refractivity contribution in [2.24, 2.45) is 5.92 Å². The molecule has 0 saturated heterocycles. The van der Waals surface area contributed by atoms with Crippen LogP contribution in [0.5, 0.6) is 0 Å². The zero-order chi connectivity index (χ0) is 22.3. The fourth-order valence-corrected chi connectivity index (χ4v) is 3.27. The molecule has 0 saturated carbocycles. The van der Waals surface area contributed by atoms with Crippen molar-refractivity contribution in [3.05, 3.63) is 0 Å². The Kier molecular flexibility index (Phi) is 27.8. The second-order valence-corrected chi connectivity index (χ2v) is 8.75. The molecule has 0 aliphatic heterocycles. The average molecular weight is 437 g/mol. The van der Waals surface area contributed by atoms with Crippen LogP contribution in [0.4, 0.5) is 0 Å². The third kappa shape index (κ3) is 30.0. The molecule has 0 unspecified atom stereocenters. The van der Waals surface area contributed by atoms with E-state index in [4.69, 9.17) is 9.47 Å². The molecule has 0 fully saturated rings. The maximum atomic E-state index is 11.4. The number of carbonyl (C=O) groups excluding carboxylic acids is 2. The van der Waals surface area contributed by atoms with Crippen molar-refractivity contribution in [3.8, 4) is 11.8 Å². The molecule has 0 aromatic carbocycles. The molecule has 0 spiro atoms. The number of hydrogen-bond acceptors (Lipinski definition) is 7. The summed E-state index contributed by atoms with van der Waals surface area (Å²) in [5, 5.41) is 5.73. The Morgan fingerprint density at radius 1 is 1.21 bits per heavy atom. The van der Waals surface area contributed by atoms with Gasteiger partial charge >= 0.3 is 0 Å². The van der Waals surface area contributed by atoms with Gasteiger partial charge in [-0.2, -0.15) is 0 Å². The molecular weight excluding hydrogens is 396 g/mol. The van der Waals surface area contributed by atoms with Crippen molar-refractivity contribution in [3.63, 3.8) is 0 Å². The number of aldehydes is 1. The van der Waals surface area contributed by atoms with Crippen molar-refractivity contribution in [1.29, 1.82) is 0 Å². The monoisotopic (exact) mass is 436 g/mol. The summed E-state index contributed by atoms with van der Waals surface area (Å²) in [5.74, 6) is 6.64. The zero-order valence-electron chi connectivity index (χ0n) is 18.8. The molecule has 28 heavy (non-hydrogen) atoms. The van der Waals surface area contributed by atoms with Gasteiger partial charge < -0.3 is 24.9 Å². The third-order valence-electron chi connectivity index (χ3n) is 2.32. The lowest BCUT2D eigenvalue weighted by atomic mass is 10.3. The first-order valence-corrected chi connectivity index (χ1v) is 12.0. The van der Waals surface area contributed by atoms with Gasteiger partial charge in [0.2, 0.25) is 5.91 Å². The van der Waals surface area contributed by atoms with Gasteiger partial charge in [-0.25, -0.2) is 0 Å². The van der Waals surface area contributed by atoms with E-state index in [1.165, 1.54) is 0 Å². The maximum Gasteiger partial charge on any atom is 0.246 e. The lowest BCUT2D eigenvalue weighted by molar-refractivity contribution is -0.126. The first-order valence-electron chi connectivity index (χ1n) is 9.63. The van der Waals surface area contributed by atoms with Gasteiger partial charge in [-0.1, -0.05) is 62.1 Å². The smallest absolute Gasteiger partial charge is 0.246 e. The normalized spacial score (nSPS) is 9.89. The van der Waals surface area contributed by atoms with Crippen LogP contribution in [-0.4, -0.2) is 56.4 Å². The third-order valence-corrected chi connectivity index (χ3v) is 5.28. The molecule has 0 bridgehead atoms. The molecule has 0 radical (unpaired) electrons. The van der Waals surface area contributed by atoms with Gasteiger partial charge in [0.25, 0.3) is 0 Å². The zero-order valence-corrected chi connectivity index (χ0v) is 20.5. The van der Waals surface area contributed by atoms with E-state index in [2.05, 4.69) is 22.5 Å². The fourth-order valence-electron chi connectivity index (χ4n) is 1.15.